The number of carbonyl (C=O) groups excluding carboxylic acids is 1. The molecule has 0 bridgehead atoms. The molecular weight excluding hydrogens is 350 g/mol. The highest BCUT2D eigenvalue weighted by Crippen LogP contribution is 2.45. The molecule has 0 aromatic rings. The molecule has 0 spiro atoms. The maximum absolute atomic E-state index is 12.3. The monoisotopic (exact) mass is 386 g/mol. The summed E-state index contributed by atoms with van der Waals surface area (Å²) in [6.07, 6.45) is 0.900. The highest BCUT2D eigenvalue weighted by atomic mass is 31.2. The fourth-order valence-corrected chi connectivity index (χ4v) is 4.10. The average molecular weight is 386 g/mol. The number of likely N-dealkylation sites (N-methyl/N-ethyl adjacent to an activating group) is 1. The lowest BCUT2D eigenvalue weighted by Gasteiger charge is -2.36. The molecule has 0 radical (unpaired) electrons. The van der Waals surface area contributed by atoms with Crippen molar-refractivity contribution in [3.63, 3.8) is 0 Å². The van der Waals surface area contributed by atoms with Gasteiger partial charge in [0.2, 0.25) is 5.91 Å². The number of hydrogen-bond acceptors (Lipinski definition) is 6. The third kappa shape index (κ3) is 10.4. The van der Waals surface area contributed by atoms with E-state index in [1.807, 2.05) is 18.8 Å². The van der Waals surface area contributed by atoms with Crippen molar-refractivity contribution in [2.75, 3.05) is 39.9 Å². The lowest BCUT2D eigenvalue weighted by atomic mass is 9.77. The minimum absolute atomic E-state index is 0.158. The quantitative estimate of drug-likeness (QED) is 0.264. The van der Waals surface area contributed by atoms with Gasteiger partial charge in [0, 0.05) is 38.0 Å². The molecule has 0 saturated heterocycles. The van der Waals surface area contributed by atoms with Gasteiger partial charge in [0.25, 0.3) is 8.53 Å². The molecule has 1 amide bonds. The van der Waals surface area contributed by atoms with Crippen molar-refractivity contribution >= 4 is 21.7 Å². The van der Waals surface area contributed by atoms with E-state index < -0.39 is 8.53 Å². The van der Waals surface area contributed by atoms with E-state index in [0.717, 1.165) is 13.8 Å². The van der Waals surface area contributed by atoms with Crippen LogP contribution in [0.1, 0.15) is 34.1 Å². The van der Waals surface area contributed by atoms with Crippen molar-refractivity contribution < 1.29 is 13.8 Å². The van der Waals surface area contributed by atoms with Gasteiger partial charge >= 0.3 is 0 Å². The molecule has 0 aromatic heterocycles. The highest BCUT2D eigenvalue weighted by Gasteiger charge is 2.27. The van der Waals surface area contributed by atoms with Crippen molar-refractivity contribution in [1.29, 1.82) is 5.26 Å². The molecular formula is C17H36BN4O3P. The van der Waals surface area contributed by atoms with Crippen LogP contribution in [-0.4, -0.2) is 74.7 Å². The van der Waals surface area contributed by atoms with Crippen molar-refractivity contribution in [2.24, 2.45) is 0 Å². The molecule has 0 saturated carbocycles. The minimum atomic E-state index is -1.26. The molecule has 0 aromatic carbocycles. The van der Waals surface area contributed by atoms with Crippen LogP contribution in [0.2, 0.25) is 13.1 Å². The SMILES string of the molecule is CBCC(=O)N(CCNC)CCOP(OCCC#N)N(C(C)C)C(C)C. The first-order valence-electron chi connectivity index (χ1n) is 9.52. The number of nitriles is 1. The van der Waals surface area contributed by atoms with Gasteiger partial charge in [-0.1, -0.05) is 6.82 Å². The van der Waals surface area contributed by atoms with Gasteiger partial charge in [0.05, 0.1) is 25.7 Å². The van der Waals surface area contributed by atoms with E-state index in [9.17, 15) is 4.79 Å². The molecule has 150 valence electrons. The zero-order valence-corrected chi connectivity index (χ0v) is 18.2. The summed E-state index contributed by atoms with van der Waals surface area (Å²) in [5.74, 6) is 0.158. The molecule has 9 heteroatoms. The summed E-state index contributed by atoms with van der Waals surface area (Å²) in [5.41, 5.74) is 0. The maximum Gasteiger partial charge on any atom is 0.259 e. The Morgan fingerprint density at radius 3 is 2.31 bits per heavy atom. The van der Waals surface area contributed by atoms with Crippen LogP contribution >= 0.6 is 8.53 Å². The summed E-state index contributed by atoms with van der Waals surface area (Å²) < 4.78 is 14.1. The van der Waals surface area contributed by atoms with E-state index in [0.29, 0.717) is 39.0 Å². The molecule has 0 aliphatic heterocycles. The Labute approximate surface area is 161 Å². The van der Waals surface area contributed by atoms with Gasteiger partial charge in [0.1, 0.15) is 7.28 Å². The third-order valence-electron chi connectivity index (χ3n) is 3.67. The first-order valence-corrected chi connectivity index (χ1v) is 10.7. The Bertz CT molecular complexity index is 413. The Morgan fingerprint density at radius 2 is 1.81 bits per heavy atom. The van der Waals surface area contributed by atoms with E-state index in [1.165, 1.54) is 0 Å². The fourth-order valence-electron chi connectivity index (χ4n) is 2.52. The van der Waals surface area contributed by atoms with Crippen molar-refractivity contribution in [3.05, 3.63) is 0 Å². The molecule has 1 unspecified atom stereocenters. The van der Waals surface area contributed by atoms with Crippen molar-refractivity contribution in [1.82, 2.24) is 14.9 Å². The molecule has 26 heavy (non-hydrogen) atoms. The van der Waals surface area contributed by atoms with E-state index in [-0.39, 0.29) is 18.0 Å². The van der Waals surface area contributed by atoms with Crippen LogP contribution in [0.15, 0.2) is 0 Å². The zero-order valence-electron chi connectivity index (χ0n) is 17.3. The molecule has 0 heterocycles. The molecule has 0 aliphatic carbocycles. The zero-order chi connectivity index (χ0) is 19.9. The number of nitrogens with one attached hydrogen (secondary N) is 1. The Kier molecular flexibility index (Phi) is 14.9. The van der Waals surface area contributed by atoms with Crippen LogP contribution in [0.4, 0.5) is 0 Å². The van der Waals surface area contributed by atoms with Gasteiger partial charge in [-0.2, -0.15) is 5.26 Å². The summed E-state index contributed by atoms with van der Waals surface area (Å²) in [7, 11) is 1.46. The molecule has 0 rings (SSSR count). The van der Waals surface area contributed by atoms with Crippen LogP contribution in [-0.2, 0) is 13.8 Å². The average Bonchev–Trinajstić information content (AvgIpc) is 2.57. The number of hydrogen-bond donors (Lipinski definition) is 1. The molecule has 1 N–H and O–H groups in total. The fraction of sp³-hybridized carbons (Fsp3) is 0.882. The van der Waals surface area contributed by atoms with E-state index in [4.69, 9.17) is 14.3 Å². The van der Waals surface area contributed by atoms with Crippen LogP contribution in [0.5, 0.6) is 0 Å². The number of rotatable bonds is 15. The van der Waals surface area contributed by atoms with Crippen LogP contribution in [0.3, 0.4) is 0 Å². The van der Waals surface area contributed by atoms with Crippen molar-refractivity contribution in [3.8, 4) is 6.07 Å². The van der Waals surface area contributed by atoms with Gasteiger partial charge in [-0.3, -0.25) is 4.79 Å². The van der Waals surface area contributed by atoms with Gasteiger partial charge in [-0.05, 0) is 34.7 Å². The number of carbonyl (C=O) groups is 1. The Balaban J connectivity index is 4.80. The topological polar surface area (TPSA) is 77.8 Å². The predicted molar refractivity (Wildman–Crippen MR) is 109 cm³/mol. The van der Waals surface area contributed by atoms with Crippen LogP contribution in [0, 0.1) is 11.3 Å². The summed E-state index contributed by atoms with van der Waals surface area (Å²) in [5, 5.41) is 11.8. The molecule has 0 fully saturated rings. The number of amides is 1. The summed E-state index contributed by atoms with van der Waals surface area (Å²) >= 11 is 0. The van der Waals surface area contributed by atoms with Crippen LogP contribution in [0.25, 0.3) is 0 Å². The van der Waals surface area contributed by atoms with E-state index in [1.54, 1.807) is 0 Å². The van der Waals surface area contributed by atoms with Crippen molar-refractivity contribution in [2.45, 2.75) is 59.3 Å². The summed E-state index contributed by atoms with van der Waals surface area (Å²) in [4.78, 5) is 14.1. The largest absolute Gasteiger partial charge is 0.340 e. The van der Waals surface area contributed by atoms with Crippen LogP contribution < -0.4 is 5.32 Å². The second kappa shape index (κ2) is 15.4. The minimum Gasteiger partial charge on any atom is -0.340 e. The lowest BCUT2D eigenvalue weighted by molar-refractivity contribution is -0.129. The first kappa shape index (κ1) is 25.3. The van der Waals surface area contributed by atoms with E-state index >= 15 is 0 Å². The summed E-state index contributed by atoms with van der Waals surface area (Å²) in [6, 6.07) is 2.64. The van der Waals surface area contributed by atoms with E-state index in [2.05, 4.69) is 43.8 Å². The second-order valence-electron chi connectivity index (χ2n) is 6.61. The van der Waals surface area contributed by atoms with Gasteiger partial charge < -0.3 is 19.3 Å². The highest BCUT2D eigenvalue weighted by molar-refractivity contribution is 7.44. The molecule has 7 nitrogen and oxygen atoms in total. The number of nitrogens with zero attached hydrogens (tertiary/aromatic N) is 3. The second-order valence-corrected chi connectivity index (χ2v) is 8.07. The predicted octanol–water partition coefficient (Wildman–Crippen LogP) is 2.23. The molecule has 1 atom stereocenters. The normalized spacial score (nSPS) is 12.5. The van der Waals surface area contributed by atoms with Gasteiger partial charge in [0.15, 0.2) is 0 Å². The Morgan fingerprint density at radius 1 is 1.19 bits per heavy atom. The molecule has 0 aliphatic rings. The maximum atomic E-state index is 12.3. The van der Waals surface area contributed by atoms with Gasteiger partial charge in [-0.25, -0.2) is 4.67 Å². The lowest BCUT2D eigenvalue weighted by Crippen LogP contribution is -2.39. The third-order valence-corrected chi connectivity index (χ3v) is 5.78. The smallest absolute Gasteiger partial charge is 0.259 e. The van der Waals surface area contributed by atoms with Gasteiger partial charge in [-0.15, -0.1) is 0 Å². The standard InChI is InChI=1S/C17H36BN4O3P/c1-15(2)22(16(3)4)26(24-12-7-8-19)25-13-11-21(10-9-20-6)17(23)14-18-5/h15-16,18,20H,7,9-14H2,1-6H3. The Hall–Kier alpha value is -0.705. The first-order chi connectivity index (χ1) is 12.4. The summed E-state index contributed by atoms with van der Waals surface area (Å²) in [6.45, 7) is 13.2.